The predicted octanol–water partition coefficient (Wildman–Crippen LogP) is -0.860. The Morgan fingerprint density at radius 2 is 1.87 bits per heavy atom. The molecule has 5 heteroatoms. The van der Waals surface area contributed by atoms with E-state index in [1.807, 2.05) is 0 Å². The van der Waals surface area contributed by atoms with Crippen molar-refractivity contribution in [1.82, 2.24) is 15.1 Å². The highest BCUT2D eigenvalue weighted by atomic mass is 35.5. The maximum Gasteiger partial charge on any atom is 0.0631 e. The number of nitrogens with one attached hydrogen (secondary N) is 1. The second kappa shape index (κ2) is 4.97. The number of piperidine rings is 1. The van der Waals surface area contributed by atoms with Crippen LogP contribution in [-0.2, 0) is 0 Å². The quantitative estimate of drug-likeness (QED) is 0.578. The molecule has 0 aromatic rings. The summed E-state index contributed by atoms with van der Waals surface area (Å²) < 4.78 is 0. The molecule has 88 valence electrons. The van der Waals surface area contributed by atoms with Crippen LogP contribution < -0.4 is 11.1 Å². The molecule has 0 aliphatic carbocycles. The molecule has 2 rings (SSSR count). The second-order valence-electron chi connectivity index (χ2n) is 4.67. The molecular formula is C10H21ClN4. The molecule has 3 atom stereocenters. The van der Waals surface area contributed by atoms with E-state index in [0.29, 0.717) is 6.04 Å². The van der Waals surface area contributed by atoms with Gasteiger partial charge in [-0.3, -0.25) is 4.90 Å². The summed E-state index contributed by atoms with van der Waals surface area (Å²) in [7, 11) is 2.16. The Hall–Kier alpha value is 0.130. The van der Waals surface area contributed by atoms with Gasteiger partial charge in [-0.15, -0.1) is 11.6 Å². The van der Waals surface area contributed by atoms with Crippen LogP contribution in [0.3, 0.4) is 0 Å². The van der Waals surface area contributed by atoms with E-state index in [4.69, 9.17) is 17.3 Å². The highest BCUT2D eigenvalue weighted by Gasteiger charge is 2.35. The third-order valence-electron chi connectivity index (χ3n) is 3.49. The Labute approximate surface area is 96.7 Å². The summed E-state index contributed by atoms with van der Waals surface area (Å²) in [4.78, 5) is 4.81. The van der Waals surface area contributed by atoms with Crippen LogP contribution in [0.2, 0.25) is 0 Å². The van der Waals surface area contributed by atoms with E-state index >= 15 is 0 Å². The van der Waals surface area contributed by atoms with Crippen LogP contribution in [0.15, 0.2) is 0 Å². The van der Waals surface area contributed by atoms with E-state index in [-0.39, 0.29) is 11.4 Å². The first-order chi connectivity index (χ1) is 7.18. The molecule has 0 radical (unpaired) electrons. The van der Waals surface area contributed by atoms with Gasteiger partial charge in [-0.05, 0) is 7.05 Å². The number of nitrogens with two attached hydrogens (primary N) is 1. The lowest BCUT2D eigenvalue weighted by Crippen LogP contribution is -2.65. The average Bonchev–Trinajstić information content (AvgIpc) is 2.20. The van der Waals surface area contributed by atoms with Crippen molar-refractivity contribution in [3.63, 3.8) is 0 Å². The highest BCUT2D eigenvalue weighted by molar-refractivity contribution is 6.21. The second-order valence-corrected chi connectivity index (χ2v) is 5.23. The molecule has 0 amide bonds. The Bertz CT molecular complexity index is 196. The molecule has 4 nitrogen and oxygen atoms in total. The van der Waals surface area contributed by atoms with Gasteiger partial charge in [0.2, 0.25) is 0 Å². The maximum absolute atomic E-state index is 6.35. The standard InChI is InChI=1S/C10H21ClN4/c1-14-2-4-15(5-3-14)10-8(11)6-13-7-9(10)12/h8-10,13H,2-7,12H2,1H3/t8-,9?,10?/m0/s1. The van der Waals surface area contributed by atoms with Gasteiger partial charge in [-0.1, -0.05) is 0 Å². The summed E-state index contributed by atoms with van der Waals surface area (Å²) in [6.45, 7) is 6.21. The number of likely N-dealkylation sites (N-methyl/N-ethyl adjacent to an activating group) is 1. The van der Waals surface area contributed by atoms with E-state index in [0.717, 1.165) is 39.3 Å². The topological polar surface area (TPSA) is 44.5 Å². The highest BCUT2D eigenvalue weighted by Crippen LogP contribution is 2.18. The normalized spacial score (nSPS) is 40.6. The number of hydrogen-bond acceptors (Lipinski definition) is 4. The van der Waals surface area contributed by atoms with Gasteiger partial charge in [-0.2, -0.15) is 0 Å². The molecule has 15 heavy (non-hydrogen) atoms. The number of nitrogens with zero attached hydrogens (tertiary/aromatic N) is 2. The minimum absolute atomic E-state index is 0.150. The Morgan fingerprint density at radius 1 is 1.20 bits per heavy atom. The lowest BCUT2D eigenvalue weighted by atomic mass is 9.98. The summed E-state index contributed by atoms with van der Waals surface area (Å²) in [5.74, 6) is 0. The lowest BCUT2D eigenvalue weighted by Gasteiger charge is -2.44. The van der Waals surface area contributed by atoms with Crippen molar-refractivity contribution in [1.29, 1.82) is 0 Å². The van der Waals surface area contributed by atoms with Crippen LogP contribution in [0.1, 0.15) is 0 Å². The number of piperazine rings is 1. The zero-order valence-electron chi connectivity index (χ0n) is 9.32. The Morgan fingerprint density at radius 3 is 2.47 bits per heavy atom. The van der Waals surface area contributed by atoms with E-state index < -0.39 is 0 Å². The molecule has 0 saturated carbocycles. The fraction of sp³-hybridized carbons (Fsp3) is 1.00. The summed E-state index contributed by atoms with van der Waals surface area (Å²) >= 11 is 6.35. The minimum atomic E-state index is 0.150. The summed E-state index contributed by atoms with van der Waals surface area (Å²) in [6.07, 6.45) is 0. The van der Waals surface area contributed by atoms with Gasteiger partial charge < -0.3 is 16.0 Å². The minimum Gasteiger partial charge on any atom is -0.325 e. The number of hydrogen-bond donors (Lipinski definition) is 2. The van der Waals surface area contributed by atoms with Crippen molar-refractivity contribution < 1.29 is 0 Å². The molecule has 2 heterocycles. The van der Waals surface area contributed by atoms with Crippen molar-refractivity contribution in [3.8, 4) is 0 Å². The molecule has 3 N–H and O–H groups in total. The van der Waals surface area contributed by atoms with E-state index in [9.17, 15) is 0 Å². The summed E-state index contributed by atoms with van der Waals surface area (Å²) in [5.41, 5.74) is 6.13. The third kappa shape index (κ3) is 2.63. The first-order valence-electron chi connectivity index (χ1n) is 5.71. The van der Waals surface area contributed by atoms with E-state index in [2.05, 4.69) is 22.2 Å². The molecule has 0 bridgehead atoms. The van der Waals surface area contributed by atoms with Gasteiger partial charge in [0.05, 0.1) is 5.38 Å². The number of rotatable bonds is 1. The van der Waals surface area contributed by atoms with Crippen molar-refractivity contribution in [2.24, 2.45) is 5.73 Å². The monoisotopic (exact) mass is 232 g/mol. The van der Waals surface area contributed by atoms with Crippen LogP contribution in [0.25, 0.3) is 0 Å². The summed E-state index contributed by atoms with van der Waals surface area (Å²) in [6, 6.07) is 0.520. The average molecular weight is 233 g/mol. The zero-order valence-corrected chi connectivity index (χ0v) is 10.1. The molecule has 2 fully saturated rings. The van der Waals surface area contributed by atoms with Crippen LogP contribution in [0.4, 0.5) is 0 Å². The van der Waals surface area contributed by atoms with Gasteiger partial charge >= 0.3 is 0 Å². The maximum atomic E-state index is 6.35. The Kier molecular flexibility index (Phi) is 3.85. The Balaban J connectivity index is 1.95. The number of alkyl halides is 1. The van der Waals surface area contributed by atoms with Crippen molar-refractivity contribution >= 4 is 11.6 Å². The first kappa shape index (κ1) is 11.6. The van der Waals surface area contributed by atoms with Crippen LogP contribution in [0.5, 0.6) is 0 Å². The fourth-order valence-electron chi connectivity index (χ4n) is 2.52. The molecule has 0 aromatic carbocycles. The largest absolute Gasteiger partial charge is 0.325 e. The van der Waals surface area contributed by atoms with Gasteiger partial charge in [-0.25, -0.2) is 0 Å². The molecule has 2 unspecified atom stereocenters. The SMILES string of the molecule is CN1CCN(C2C(N)CNC[C@@H]2Cl)CC1. The third-order valence-corrected chi connectivity index (χ3v) is 3.90. The zero-order chi connectivity index (χ0) is 10.8. The molecule has 0 spiro atoms. The van der Waals surface area contributed by atoms with Gasteiger partial charge in [0.1, 0.15) is 0 Å². The molecule has 0 aromatic heterocycles. The predicted molar refractivity (Wildman–Crippen MR) is 63.3 cm³/mol. The van der Waals surface area contributed by atoms with E-state index in [1.165, 1.54) is 0 Å². The van der Waals surface area contributed by atoms with Gasteiger partial charge in [0.15, 0.2) is 0 Å². The van der Waals surface area contributed by atoms with Crippen molar-refractivity contribution in [2.75, 3.05) is 46.3 Å². The summed E-state index contributed by atoms with van der Waals surface area (Å²) in [5, 5.41) is 3.42. The number of halogens is 1. The lowest BCUT2D eigenvalue weighted by molar-refractivity contribution is 0.0866. The molecular weight excluding hydrogens is 212 g/mol. The van der Waals surface area contributed by atoms with Crippen LogP contribution in [0, 0.1) is 0 Å². The van der Waals surface area contributed by atoms with E-state index in [1.54, 1.807) is 0 Å². The van der Waals surface area contributed by atoms with Crippen molar-refractivity contribution in [2.45, 2.75) is 17.5 Å². The smallest absolute Gasteiger partial charge is 0.0631 e. The van der Waals surface area contributed by atoms with Crippen molar-refractivity contribution in [3.05, 3.63) is 0 Å². The molecule has 2 aliphatic rings. The van der Waals surface area contributed by atoms with Gasteiger partial charge in [0, 0.05) is 51.4 Å². The fourth-order valence-corrected chi connectivity index (χ4v) is 2.97. The van der Waals surface area contributed by atoms with Gasteiger partial charge in [0.25, 0.3) is 0 Å². The molecule has 2 saturated heterocycles. The molecule has 2 aliphatic heterocycles. The van der Waals surface area contributed by atoms with Crippen LogP contribution >= 0.6 is 11.6 Å². The van der Waals surface area contributed by atoms with Crippen LogP contribution in [-0.4, -0.2) is 73.6 Å². The first-order valence-corrected chi connectivity index (χ1v) is 6.15.